The van der Waals surface area contributed by atoms with Gasteiger partial charge in [-0.3, -0.25) is 9.89 Å². The van der Waals surface area contributed by atoms with Crippen molar-refractivity contribution in [1.29, 1.82) is 0 Å². The first-order valence-electron chi connectivity index (χ1n) is 9.72. The zero-order valence-corrected chi connectivity index (χ0v) is 16.3. The fourth-order valence-electron chi connectivity index (χ4n) is 3.92. The molecule has 5 rings (SSSR count). The van der Waals surface area contributed by atoms with Crippen LogP contribution >= 0.6 is 0 Å². The number of aryl methyl sites for hydroxylation is 2. The summed E-state index contributed by atoms with van der Waals surface area (Å²) in [5.74, 6) is 0.780. The average molecular weight is 391 g/mol. The second-order valence-corrected chi connectivity index (χ2v) is 7.37. The fraction of sp³-hybridized carbons (Fsp3) is 0.333. The second kappa shape index (κ2) is 6.97. The van der Waals surface area contributed by atoms with Gasteiger partial charge in [0, 0.05) is 17.9 Å². The Balaban J connectivity index is 1.63. The van der Waals surface area contributed by atoms with E-state index in [-0.39, 0.29) is 17.4 Å². The molecule has 1 saturated heterocycles. The number of ether oxygens (including phenoxy) is 1. The van der Waals surface area contributed by atoms with Gasteiger partial charge in [-0.1, -0.05) is 30.3 Å². The Kier molecular flexibility index (Phi) is 4.28. The van der Waals surface area contributed by atoms with Crippen LogP contribution in [0.2, 0.25) is 0 Å². The number of nitrogens with zero attached hydrogens (tertiary/aromatic N) is 4. The zero-order valence-electron chi connectivity index (χ0n) is 16.3. The van der Waals surface area contributed by atoms with Gasteiger partial charge in [0.05, 0.1) is 18.2 Å². The third-order valence-corrected chi connectivity index (χ3v) is 5.37. The molecule has 0 radical (unpaired) electrons. The highest BCUT2D eigenvalue weighted by Gasteiger charge is 2.25. The molecule has 0 aliphatic carbocycles. The number of aromatic nitrogens is 5. The minimum atomic E-state index is -0.257. The largest absolute Gasteiger partial charge is 0.420 e. The summed E-state index contributed by atoms with van der Waals surface area (Å²) in [4.78, 5) is 18.0. The fourth-order valence-corrected chi connectivity index (χ4v) is 3.92. The van der Waals surface area contributed by atoms with Crippen molar-refractivity contribution in [2.24, 2.45) is 0 Å². The Morgan fingerprint density at radius 3 is 2.72 bits per heavy atom. The molecule has 8 nitrogen and oxygen atoms in total. The summed E-state index contributed by atoms with van der Waals surface area (Å²) in [5, 5.41) is 11.4. The van der Waals surface area contributed by atoms with Gasteiger partial charge in [0.15, 0.2) is 5.65 Å². The minimum absolute atomic E-state index is 0.0715. The smallest absolute Gasteiger partial charge is 0.285 e. The van der Waals surface area contributed by atoms with Crippen molar-refractivity contribution in [1.82, 2.24) is 24.8 Å². The van der Waals surface area contributed by atoms with Crippen LogP contribution in [0, 0.1) is 13.8 Å². The minimum Gasteiger partial charge on any atom is -0.420 e. The summed E-state index contributed by atoms with van der Waals surface area (Å²) in [6.07, 6.45) is 1.90. The third-order valence-electron chi connectivity index (χ3n) is 5.37. The molecule has 148 valence electrons. The maximum atomic E-state index is 13.3. The van der Waals surface area contributed by atoms with Crippen LogP contribution < -0.4 is 5.56 Å². The zero-order chi connectivity index (χ0) is 20.0. The third kappa shape index (κ3) is 2.96. The molecule has 29 heavy (non-hydrogen) atoms. The van der Waals surface area contributed by atoms with Gasteiger partial charge < -0.3 is 9.15 Å². The molecule has 1 aliphatic rings. The Labute approximate surface area is 166 Å². The molecule has 1 fully saturated rings. The molecule has 4 aromatic rings. The number of aromatic amines is 1. The maximum Gasteiger partial charge on any atom is 0.285 e. The van der Waals surface area contributed by atoms with E-state index in [2.05, 4.69) is 15.3 Å². The molecule has 0 saturated carbocycles. The summed E-state index contributed by atoms with van der Waals surface area (Å²) in [6, 6.07) is 9.89. The normalized spacial score (nSPS) is 17.1. The van der Waals surface area contributed by atoms with Crippen molar-refractivity contribution in [3.05, 3.63) is 58.0 Å². The molecule has 8 heteroatoms. The second-order valence-electron chi connectivity index (χ2n) is 7.37. The molecular formula is C21H21N5O3. The maximum absolute atomic E-state index is 13.3. The van der Waals surface area contributed by atoms with E-state index in [1.807, 2.05) is 37.3 Å². The lowest BCUT2D eigenvalue weighted by Gasteiger charge is -2.18. The Morgan fingerprint density at radius 1 is 1.14 bits per heavy atom. The van der Waals surface area contributed by atoms with E-state index >= 15 is 0 Å². The highest BCUT2D eigenvalue weighted by Crippen LogP contribution is 2.29. The van der Waals surface area contributed by atoms with Gasteiger partial charge >= 0.3 is 0 Å². The topological polar surface area (TPSA) is 98.3 Å². The Morgan fingerprint density at radius 2 is 1.97 bits per heavy atom. The molecule has 3 aromatic heterocycles. The van der Waals surface area contributed by atoms with Crippen molar-refractivity contribution in [2.45, 2.75) is 32.6 Å². The number of H-pyrrole nitrogens is 1. The highest BCUT2D eigenvalue weighted by atomic mass is 16.5. The van der Waals surface area contributed by atoms with Crippen LogP contribution in [0.3, 0.4) is 0 Å². The summed E-state index contributed by atoms with van der Waals surface area (Å²) < 4.78 is 12.8. The summed E-state index contributed by atoms with van der Waals surface area (Å²) in [7, 11) is 0. The van der Waals surface area contributed by atoms with E-state index in [4.69, 9.17) is 14.1 Å². The van der Waals surface area contributed by atoms with E-state index in [9.17, 15) is 4.79 Å². The van der Waals surface area contributed by atoms with Crippen molar-refractivity contribution in [3.63, 3.8) is 0 Å². The van der Waals surface area contributed by atoms with Gasteiger partial charge in [0.2, 0.25) is 5.89 Å². The molecule has 0 bridgehead atoms. The van der Waals surface area contributed by atoms with Gasteiger partial charge in [-0.2, -0.15) is 0 Å². The number of hydrogen-bond acceptors (Lipinski definition) is 6. The van der Waals surface area contributed by atoms with E-state index in [0.717, 1.165) is 36.3 Å². The molecule has 1 N–H and O–H groups in total. The standard InChI is InChI=1S/C21H21N5O3/c1-12-17(20-24-23-19(29-20)15-9-6-10-28-11-15)21(27)26-18(22-12)16(13(2)25-26)14-7-4-3-5-8-14/h3-5,7-8,15,25H,6,9-11H2,1-2H3/t15-/m0/s1. The molecule has 1 aromatic carbocycles. The molecule has 0 amide bonds. The first-order valence-corrected chi connectivity index (χ1v) is 9.72. The SMILES string of the molecule is Cc1nc2c(-c3ccccc3)c(C)[nH]n2c(=O)c1-c1nnc([C@H]2CCCOC2)o1. The van der Waals surface area contributed by atoms with Crippen molar-refractivity contribution < 1.29 is 9.15 Å². The Bertz CT molecular complexity index is 1230. The van der Waals surface area contributed by atoms with Crippen LogP contribution in [0.4, 0.5) is 0 Å². The predicted octanol–water partition coefficient (Wildman–Crippen LogP) is 3.25. The molecular weight excluding hydrogens is 370 g/mol. The number of nitrogens with one attached hydrogen (secondary N) is 1. The van der Waals surface area contributed by atoms with Crippen molar-refractivity contribution >= 4 is 5.65 Å². The average Bonchev–Trinajstić information content (AvgIpc) is 3.34. The van der Waals surface area contributed by atoms with Crippen LogP contribution in [-0.4, -0.2) is 38.0 Å². The van der Waals surface area contributed by atoms with E-state index in [0.29, 0.717) is 29.4 Å². The van der Waals surface area contributed by atoms with Crippen LogP contribution in [0.25, 0.3) is 28.2 Å². The number of benzene rings is 1. The Hall–Kier alpha value is -3.26. The van der Waals surface area contributed by atoms with Crippen LogP contribution in [0.1, 0.15) is 36.0 Å². The number of fused-ring (bicyclic) bond motifs is 1. The van der Waals surface area contributed by atoms with Gasteiger partial charge in [0.25, 0.3) is 11.4 Å². The summed E-state index contributed by atoms with van der Waals surface area (Å²) in [5.41, 5.74) is 3.97. The van der Waals surface area contributed by atoms with E-state index in [1.165, 1.54) is 4.52 Å². The lowest BCUT2D eigenvalue weighted by Crippen LogP contribution is -2.19. The summed E-state index contributed by atoms with van der Waals surface area (Å²) in [6.45, 7) is 5.04. The molecule has 0 unspecified atom stereocenters. The molecule has 1 aliphatic heterocycles. The van der Waals surface area contributed by atoms with Gasteiger partial charge in [-0.15, -0.1) is 10.2 Å². The number of hydrogen-bond donors (Lipinski definition) is 1. The van der Waals surface area contributed by atoms with E-state index < -0.39 is 0 Å². The van der Waals surface area contributed by atoms with Crippen LogP contribution in [-0.2, 0) is 4.74 Å². The first-order chi connectivity index (χ1) is 14.1. The van der Waals surface area contributed by atoms with E-state index in [1.54, 1.807) is 6.92 Å². The van der Waals surface area contributed by atoms with Crippen molar-refractivity contribution in [3.8, 4) is 22.6 Å². The van der Waals surface area contributed by atoms with Crippen LogP contribution in [0.5, 0.6) is 0 Å². The lowest BCUT2D eigenvalue weighted by atomic mass is 10.0. The predicted molar refractivity (Wildman–Crippen MR) is 107 cm³/mol. The molecule has 1 atom stereocenters. The molecule has 0 spiro atoms. The van der Waals surface area contributed by atoms with Crippen molar-refractivity contribution in [2.75, 3.05) is 13.2 Å². The quantitative estimate of drug-likeness (QED) is 0.576. The number of rotatable bonds is 3. The highest BCUT2D eigenvalue weighted by molar-refractivity contribution is 5.80. The summed E-state index contributed by atoms with van der Waals surface area (Å²) >= 11 is 0. The lowest BCUT2D eigenvalue weighted by molar-refractivity contribution is 0.0727. The molecule has 4 heterocycles. The van der Waals surface area contributed by atoms with Gasteiger partial charge in [-0.25, -0.2) is 9.50 Å². The van der Waals surface area contributed by atoms with Gasteiger partial charge in [0.1, 0.15) is 5.56 Å². The first kappa shape index (κ1) is 17.8. The monoisotopic (exact) mass is 391 g/mol. The van der Waals surface area contributed by atoms with Gasteiger partial charge in [-0.05, 0) is 32.3 Å². The van der Waals surface area contributed by atoms with Crippen LogP contribution in [0.15, 0.2) is 39.5 Å².